The van der Waals surface area contributed by atoms with Crippen LogP contribution in [0.4, 0.5) is 23.0 Å². The van der Waals surface area contributed by atoms with E-state index in [2.05, 4.69) is 25.5 Å². The number of pyridine rings is 2. The van der Waals surface area contributed by atoms with Gasteiger partial charge < -0.3 is 26.2 Å². The molecule has 2 aromatic heterocycles. The first-order chi connectivity index (χ1) is 18.9. The molecule has 2 amide bonds. The predicted octanol–water partition coefficient (Wildman–Crippen LogP) is 2.10. The van der Waals surface area contributed by atoms with Crippen molar-refractivity contribution in [2.24, 2.45) is 5.73 Å². The summed E-state index contributed by atoms with van der Waals surface area (Å²) < 4.78 is 25.4. The van der Waals surface area contributed by atoms with Crippen LogP contribution in [0.25, 0.3) is 0 Å². The average molecular weight is 567 g/mol. The zero-order chi connectivity index (χ0) is 29.0. The van der Waals surface area contributed by atoms with Crippen molar-refractivity contribution < 1.29 is 18.0 Å². The van der Waals surface area contributed by atoms with Crippen LogP contribution in [-0.4, -0.2) is 86.5 Å². The molecule has 0 bridgehead atoms. The van der Waals surface area contributed by atoms with Crippen LogP contribution in [0.2, 0.25) is 0 Å². The molecule has 1 unspecified atom stereocenters. The predicted molar refractivity (Wildman–Crippen MR) is 155 cm³/mol. The van der Waals surface area contributed by atoms with Gasteiger partial charge in [0.25, 0.3) is 11.8 Å². The van der Waals surface area contributed by atoms with Gasteiger partial charge in [0.05, 0.1) is 28.8 Å². The Balaban J connectivity index is 1.48. The lowest BCUT2D eigenvalue weighted by Gasteiger charge is -2.21. The standard InChI is InChI=1S/C27H34N8O4S/c1-33(2)20-11-12-35(17-20)27(37)19-9-10-24(30-15-19)32-25-13-22(21(16-31-25)26(28)36)29-14-18-7-5-6-8-23(18)34(3)40(4,38)39/h5-10,13,15-16,20H,11-12,14,17H2,1-4H3,(H2,28,36)(H2,29,30,31,32). The zero-order valence-electron chi connectivity index (χ0n) is 23.0. The number of sulfonamides is 1. The van der Waals surface area contributed by atoms with Crippen molar-refractivity contribution in [1.82, 2.24) is 19.8 Å². The smallest absolute Gasteiger partial charge is 0.255 e. The molecule has 13 heteroatoms. The quantitative estimate of drug-likeness (QED) is 0.335. The Morgan fingerprint density at radius 3 is 2.42 bits per heavy atom. The largest absolute Gasteiger partial charge is 0.380 e. The number of para-hydroxylation sites is 1. The van der Waals surface area contributed by atoms with E-state index in [-0.39, 0.29) is 18.0 Å². The van der Waals surface area contributed by atoms with Crippen molar-refractivity contribution >= 4 is 44.8 Å². The Bertz CT molecular complexity index is 1490. The molecule has 0 saturated carbocycles. The maximum atomic E-state index is 12.9. The summed E-state index contributed by atoms with van der Waals surface area (Å²) in [6, 6.07) is 12.4. The molecule has 1 aliphatic rings. The minimum Gasteiger partial charge on any atom is -0.380 e. The molecule has 4 rings (SSSR count). The van der Waals surface area contributed by atoms with E-state index in [1.807, 2.05) is 19.0 Å². The van der Waals surface area contributed by atoms with E-state index in [1.54, 1.807) is 42.5 Å². The number of likely N-dealkylation sites (N-methyl/N-ethyl adjacent to an activating group) is 1. The van der Waals surface area contributed by atoms with Crippen molar-refractivity contribution in [3.8, 4) is 0 Å². The van der Waals surface area contributed by atoms with Gasteiger partial charge in [0.2, 0.25) is 10.0 Å². The summed E-state index contributed by atoms with van der Waals surface area (Å²) in [7, 11) is 2.05. The molecule has 3 heterocycles. The molecular weight excluding hydrogens is 532 g/mol. The third-order valence-corrected chi connectivity index (χ3v) is 8.11. The Morgan fingerprint density at radius 1 is 1.07 bits per heavy atom. The van der Waals surface area contributed by atoms with Crippen molar-refractivity contribution in [2.75, 3.05) is 55.4 Å². The van der Waals surface area contributed by atoms with Gasteiger partial charge in [-0.1, -0.05) is 18.2 Å². The fourth-order valence-electron chi connectivity index (χ4n) is 4.46. The van der Waals surface area contributed by atoms with E-state index in [0.717, 1.165) is 12.7 Å². The van der Waals surface area contributed by atoms with Gasteiger partial charge in [-0.2, -0.15) is 0 Å². The van der Waals surface area contributed by atoms with Crippen LogP contribution in [0.5, 0.6) is 0 Å². The number of benzene rings is 1. The number of hydrogen-bond acceptors (Lipinski definition) is 9. The van der Waals surface area contributed by atoms with Gasteiger partial charge in [-0.15, -0.1) is 0 Å². The number of amides is 2. The molecule has 212 valence electrons. The number of nitrogens with one attached hydrogen (secondary N) is 2. The molecule has 0 radical (unpaired) electrons. The first-order valence-corrected chi connectivity index (χ1v) is 14.5. The van der Waals surface area contributed by atoms with E-state index in [4.69, 9.17) is 5.73 Å². The Morgan fingerprint density at radius 2 is 1.80 bits per heavy atom. The normalized spacial score (nSPS) is 15.2. The molecule has 1 saturated heterocycles. The monoisotopic (exact) mass is 566 g/mol. The molecule has 1 aromatic carbocycles. The Hall–Kier alpha value is -4.23. The van der Waals surface area contributed by atoms with Gasteiger partial charge >= 0.3 is 0 Å². The minimum atomic E-state index is -3.46. The minimum absolute atomic E-state index is 0.0550. The number of aromatic nitrogens is 2. The van der Waals surface area contributed by atoms with Crippen LogP contribution in [0.1, 0.15) is 32.7 Å². The molecule has 1 atom stereocenters. The van der Waals surface area contributed by atoms with Crippen LogP contribution in [-0.2, 0) is 16.6 Å². The fraction of sp³-hybridized carbons (Fsp3) is 0.333. The van der Waals surface area contributed by atoms with Gasteiger partial charge in [-0.3, -0.25) is 13.9 Å². The van der Waals surface area contributed by atoms with Gasteiger partial charge in [0.15, 0.2) is 0 Å². The Kier molecular flexibility index (Phi) is 8.55. The lowest BCUT2D eigenvalue weighted by Crippen LogP contribution is -2.34. The molecule has 1 aliphatic heterocycles. The zero-order valence-corrected chi connectivity index (χ0v) is 23.8. The molecule has 0 aliphatic carbocycles. The second kappa shape index (κ2) is 11.9. The summed E-state index contributed by atoms with van der Waals surface area (Å²) >= 11 is 0. The second-order valence-corrected chi connectivity index (χ2v) is 11.9. The average Bonchev–Trinajstić information content (AvgIpc) is 3.42. The third kappa shape index (κ3) is 6.66. The lowest BCUT2D eigenvalue weighted by molar-refractivity contribution is 0.0782. The lowest BCUT2D eigenvalue weighted by atomic mass is 10.1. The number of carbonyl (C=O) groups is 2. The van der Waals surface area contributed by atoms with Gasteiger partial charge in [-0.05, 0) is 44.3 Å². The SMILES string of the molecule is CN(C)C1CCN(C(=O)c2ccc(Nc3cc(NCc4ccccc4N(C)S(C)(=O)=O)c(C(N)=O)cn3)nc2)C1. The summed E-state index contributed by atoms with van der Waals surface area (Å²) in [4.78, 5) is 37.6. The van der Waals surface area contributed by atoms with Crippen LogP contribution >= 0.6 is 0 Å². The maximum absolute atomic E-state index is 12.9. The van der Waals surface area contributed by atoms with Crippen LogP contribution in [0.15, 0.2) is 54.9 Å². The van der Waals surface area contributed by atoms with Crippen LogP contribution < -0.4 is 20.7 Å². The summed E-state index contributed by atoms with van der Waals surface area (Å²) in [5, 5.41) is 6.26. The Labute approximate surface area is 234 Å². The molecule has 3 aromatic rings. The van der Waals surface area contributed by atoms with E-state index in [1.165, 1.54) is 23.7 Å². The summed E-state index contributed by atoms with van der Waals surface area (Å²) in [5.74, 6) is 0.145. The number of primary amides is 1. The number of nitrogens with two attached hydrogens (primary N) is 1. The maximum Gasteiger partial charge on any atom is 0.255 e. The highest BCUT2D eigenvalue weighted by atomic mass is 32.2. The van der Waals surface area contributed by atoms with Gasteiger partial charge in [0, 0.05) is 51.2 Å². The van der Waals surface area contributed by atoms with Crippen molar-refractivity contribution in [2.45, 2.75) is 19.0 Å². The van der Waals surface area contributed by atoms with Crippen LogP contribution in [0, 0.1) is 0 Å². The molecular formula is C27H34N8O4S. The van der Waals surface area contributed by atoms with Crippen molar-refractivity contribution in [3.05, 3.63) is 71.5 Å². The van der Waals surface area contributed by atoms with E-state index in [9.17, 15) is 18.0 Å². The van der Waals surface area contributed by atoms with E-state index >= 15 is 0 Å². The number of anilines is 4. The highest BCUT2D eigenvalue weighted by molar-refractivity contribution is 7.92. The fourth-order valence-corrected chi connectivity index (χ4v) is 4.99. The first-order valence-electron chi connectivity index (χ1n) is 12.7. The third-order valence-electron chi connectivity index (χ3n) is 6.91. The van der Waals surface area contributed by atoms with Gasteiger partial charge in [0.1, 0.15) is 11.6 Å². The molecule has 12 nitrogen and oxygen atoms in total. The summed E-state index contributed by atoms with van der Waals surface area (Å²) in [6.07, 6.45) is 4.95. The number of rotatable bonds is 10. The molecule has 1 fully saturated rings. The highest BCUT2D eigenvalue weighted by Gasteiger charge is 2.28. The number of carbonyl (C=O) groups excluding carboxylic acids is 2. The van der Waals surface area contributed by atoms with E-state index < -0.39 is 15.9 Å². The number of likely N-dealkylation sites (tertiary alicyclic amines) is 1. The van der Waals surface area contributed by atoms with Crippen molar-refractivity contribution in [1.29, 1.82) is 0 Å². The van der Waals surface area contributed by atoms with Crippen LogP contribution in [0.3, 0.4) is 0 Å². The highest BCUT2D eigenvalue weighted by Crippen LogP contribution is 2.26. The van der Waals surface area contributed by atoms with Crippen molar-refractivity contribution in [3.63, 3.8) is 0 Å². The molecule has 40 heavy (non-hydrogen) atoms. The molecule has 0 spiro atoms. The summed E-state index contributed by atoms with van der Waals surface area (Å²) in [6.45, 7) is 1.62. The number of nitrogens with zero attached hydrogens (tertiary/aromatic N) is 5. The second-order valence-electron chi connectivity index (χ2n) is 9.91. The summed E-state index contributed by atoms with van der Waals surface area (Å²) in [5.41, 5.74) is 7.87. The molecule has 4 N–H and O–H groups in total. The first kappa shape index (κ1) is 28.8. The van der Waals surface area contributed by atoms with E-state index in [0.29, 0.717) is 53.3 Å². The van der Waals surface area contributed by atoms with Gasteiger partial charge in [-0.25, -0.2) is 18.4 Å². The topological polar surface area (TPSA) is 154 Å². The number of hydrogen-bond donors (Lipinski definition) is 3.